The number of hydrogen-bond donors (Lipinski definition) is 8. The molecule has 6 atom stereocenters. The van der Waals surface area contributed by atoms with Gasteiger partial charge in [0.15, 0.2) is 34.7 Å². The number of amides is 5. The lowest BCUT2D eigenvalue weighted by Crippen LogP contribution is -2.33. The second-order valence-corrected chi connectivity index (χ2v) is 27.2. The van der Waals surface area contributed by atoms with Crippen molar-refractivity contribution in [2.45, 2.75) is 92.0 Å². The SMILES string of the molecule is CCCc1cc(COc2ccc(C[C@]3(C(N)=O)C[C@@H]3C(=O)NO)cc2F)c2ccccc2n1.CCOC(=O)[C@@]1(Cc2ccc(OCc3cc(-c4cccnc4)nc4ccc(C)cc34)c(F)c2)C[C@@H]1C(=O)NO.NC(=O)[C@@]1(Cc2ccc(OCc3cc(-c4cccnc4)nc4ccccc34)c(F)c2)C[C@@H]1C(=O)NO. The summed E-state index contributed by atoms with van der Waals surface area (Å²) in [5.74, 6) is -7.60. The molecule has 0 radical (unpaired) electrons. The van der Waals surface area contributed by atoms with E-state index >= 15 is 4.39 Å². The minimum absolute atomic E-state index is 0.0520. The van der Waals surface area contributed by atoms with Crippen LogP contribution in [0.4, 0.5) is 13.2 Å². The Morgan fingerprint density at radius 2 is 0.889 bits per heavy atom. The average Bonchev–Trinajstić information content (AvgIpc) is 1.48. The largest absolute Gasteiger partial charge is 0.486 e. The highest BCUT2D eigenvalue weighted by molar-refractivity contribution is 5.97. The zero-order valence-corrected chi connectivity index (χ0v) is 59.1. The third-order valence-corrected chi connectivity index (χ3v) is 20.0. The summed E-state index contributed by atoms with van der Waals surface area (Å²) < 4.78 is 67.6. The smallest absolute Gasteiger partial charge is 0.313 e. The van der Waals surface area contributed by atoms with Gasteiger partial charge in [0.05, 0.1) is 68.5 Å². The summed E-state index contributed by atoms with van der Waals surface area (Å²) in [6, 6.07) is 48.1. The fraction of sp³-hybridized carbons (Fsp3) is 0.256. The summed E-state index contributed by atoms with van der Waals surface area (Å²) in [6.45, 7) is 6.31. The Morgan fingerprint density at radius 3 is 1.31 bits per heavy atom. The number of pyridine rings is 5. The van der Waals surface area contributed by atoms with Crippen molar-refractivity contribution in [3.8, 4) is 39.8 Å². The molecule has 11 aromatic rings. The second-order valence-electron chi connectivity index (χ2n) is 27.2. The van der Waals surface area contributed by atoms with Crippen molar-refractivity contribution in [2.75, 3.05) is 6.61 Å². The number of nitrogens with zero attached hydrogens (tertiary/aromatic N) is 5. The molecule has 554 valence electrons. The van der Waals surface area contributed by atoms with Gasteiger partial charge in [0.2, 0.25) is 29.5 Å². The first-order chi connectivity index (χ1) is 52.1. The molecule has 5 amide bonds. The van der Waals surface area contributed by atoms with Gasteiger partial charge >= 0.3 is 5.97 Å². The molecule has 0 aliphatic heterocycles. The minimum Gasteiger partial charge on any atom is -0.486 e. The van der Waals surface area contributed by atoms with E-state index in [4.69, 9.17) is 56.0 Å². The van der Waals surface area contributed by atoms with Crippen LogP contribution in [0.15, 0.2) is 189 Å². The summed E-state index contributed by atoms with van der Waals surface area (Å²) in [5.41, 5.74) is 24.2. The highest BCUT2D eigenvalue weighted by Crippen LogP contribution is 2.57. The minimum atomic E-state index is -1.14. The number of benzene rings is 6. The van der Waals surface area contributed by atoms with Gasteiger partial charge in [-0.15, -0.1) is 0 Å². The molecule has 23 nitrogen and oxygen atoms in total. The van der Waals surface area contributed by atoms with Crippen molar-refractivity contribution in [3.63, 3.8) is 0 Å². The number of hydrogen-bond acceptors (Lipinski definition) is 18. The Kier molecular flexibility index (Phi) is 22.8. The summed E-state index contributed by atoms with van der Waals surface area (Å²) >= 11 is 0. The number of nitrogens with two attached hydrogens (primary N) is 2. The number of para-hydroxylation sites is 2. The van der Waals surface area contributed by atoms with Crippen LogP contribution in [0.25, 0.3) is 55.2 Å². The van der Waals surface area contributed by atoms with Crippen molar-refractivity contribution in [1.82, 2.24) is 41.4 Å². The second kappa shape index (κ2) is 32.6. The number of esters is 1. The van der Waals surface area contributed by atoms with Crippen molar-refractivity contribution < 1.29 is 76.5 Å². The van der Waals surface area contributed by atoms with Gasteiger partial charge in [-0.1, -0.05) is 79.6 Å². The molecule has 0 saturated heterocycles. The molecule has 3 saturated carbocycles. The molecule has 10 N–H and O–H groups in total. The number of primary amides is 2. The first-order valence-corrected chi connectivity index (χ1v) is 34.9. The van der Waals surface area contributed by atoms with Crippen molar-refractivity contribution in [2.24, 2.45) is 45.5 Å². The van der Waals surface area contributed by atoms with Gasteiger partial charge in [0.25, 0.3) is 0 Å². The van der Waals surface area contributed by atoms with E-state index in [2.05, 4.69) is 21.9 Å². The monoisotopic (exact) mass is 1470 g/mol. The molecule has 3 aliphatic carbocycles. The van der Waals surface area contributed by atoms with Gasteiger partial charge in [-0.3, -0.25) is 59.3 Å². The van der Waals surface area contributed by atoms with Crippen LogP contribution in [0.2, 0.25) is 0 Å². The third kappa shape index (κ3) is 16.5. The number of carbonyl (C=O) groups is 6. The van der Waals surface area contributed by atoms with E-state index in [1.807, 2.05) is 116 Å². The predicted molar refractivity (Wildman–Crippen MR) is 390 cm³/mol. The van der Waals surface area contributed by atoms with E-state index in [0.29, 0.717) is 16.7 Å². The van der Waals surface area contributed by atoms with Crippen LogP contribution >= 0.6 is 0 Å². The fourth-order valence-corrected chi connectivity index (χ4v) is 14.0. The summed E-state index contributed by atoms with van der Waals surface area (Å²) in [5, 5.41) is 29.5. The first-order valence-electron chi connectivity index (χ1n) is 34.9. The van der Waals surface area contributed by atoms with Gasteiger partial charge in [-0.2, -0.15) is 0 Å². The van der Waals surface area contributed by atoms with Crippen LogP contribution in [0, 0.1) is 58.4 Å². The molecular formula is C82H77F3N10O13. The van der Waals surface area contributed by atoms with Gasteiger partial charge in [0.1, 0.15) is 19.8 Å². The number of aryl methyl sites for hydroxylation is 2. The number of halogens is 3. The van der Waals surface area contributed by atoms with Crippen LogP contribution in [0.1, 0.15) is 84.2 Å². The standard InChI is InChI=1S/C30H28FN3O5.C27H23FN4O4.C25H26FN3O4/c1-3-38-29(36)30(15-23(30)28(35)34-37)14-19-7-9-27(24(31)12-19)39-17-21-13-26(20-5-4-10-32-16-20)33-25-8-6-18(2)11-22(21)25;28-21-10-16(12-27(26(29)34)13-20(27)25(33)32-35)7-8-24(21)36-15-18-11-23(17-4-3-9-30-14-17)31-22-6-2-1-5-19(18)22;1-2-5-17-11-16(18-6-3-4-7-21(18)28-17)14-33-22-9-8-15(10-20(22)26)12-25(24(27)31)13-19(25)23(30)29-32/h4-13,16,23,37H,3,14-15,17H2,1-2H3,(H,34,35);1-11,14,20,35H,12-13,15H2,(H2,29,34)(H,32,33);3-4,6-11,19,32H,2,5,12-14H2,1H3,(H2,27,31)(H,29,30)/t23-,30+;20-,27+;19-,25+/m111/s1. The van der Waals surface area contributed by atoms with Crippen molar-refractivity contribution in [1.29, 1.82) is 0 Å². The first kappa shape index (κ1) is 75.4. The lowest BCUT2D eigenvalue weighted by Gasteiger charge is -2.17. The molecule has 5 heterocycles. The van der Waals surface area contributed by atoms with Crippen LogP contribution in [-0.2, 0) is 79.0 Å². The Hall–Kier alpha value is -12.3. The molecule has 0 bridgehead atoms. The Balaban J connectivity index is 0.000000152. The van der Waals surface area contributed by atoms with E-state index in [9.17, 15) is 37.5 Å². The Morgan fingerprint density at radius 1 is 0.481 bits per heavy atom. The van der Waals surface area contributed by atoms with Crippen LogP contribution in [-0.4, -0.2) is 82.7 Å². The Labute approximate surface area is 617 Å². The zero-order chi connectivity index (χ0) is 76.4. The molecular weight excluding hydrogens is 1390 g/mol. The number of hydroxylamine groups is 3. The van der Waals surface area contributed by atoms with E-state index < -0.39 is 87.0 Å². The molecule has 6 aromatic carbocycles. The van der Waals surface area contributed by atoms with Crippen LogP contribution in [0.5, 0.6) is 17.2 Å². The molecule has 3 fully saturated rings. The fourth-order valence-electron chi connectivity index (χ4n) is 14.0. The van der Waals surface area contributed by atoms with E-state index in [1.165, 1.54) is 36.4 Å². The average molecular weight is 1470 g/mol. The lowest BCUT2D eigenvalue weighted by atomic mass is 9.92. The molecule has 108 heavy (non-hydrogen) atoms. The number of carbonyl (C=O) groups excluding carboxylic acids is 6. The van der Waals surface area contributed by atoms with Crippen molar-refractivity contribution in [3.05, 3.63) is 251 Å². The molecule has 3 aliphatic rings. The van der Waals surface area contributed by atoms with Crippen LogP contribution in [0.3, 0.4) is 0 Å². The quantitative estimate of drug-likeness (QED) is 0.0142. The maximum absolute atomic E-state index is 15.2. The summed E-state index contributed by atoms with van der Waals surface area (Å²) in [6.07, 6.45) is 9.58. The normalized spacial score (nSPS) is 18.6. The topological polar surface area (TPSA) is 353 Å². The maximum atomic E-state index is 15.2. The number of aromatic nitrogens is 5. The summed E-state index contributed by atoms with van der Waals surface area (Å²) in [4.78, 5) is 94.5. The van der Waals surface area contributed by atoms with Gasteiger partial charge in [-0.25, -0.2) is 39.6 Å². The van der Waals surface area contributed by atoms with Gasteiger partial charge in [0, 0.05) is 74.5 Å². The zero-order valence-electron chi connectivity index (χ0n) is 59.1. The summed E-state index contributed by atoms with van der Waals surface area (Å²) in [7, 11) is 0. The predicted octanol–water partition coefficient (Wildman–Crippen LogP) is 11.9. The molecule has 5 aromatic heterocycles. The number of ether oxygens (including phenoxy) is 4. The van der Waals surface area contributed by atoms with Crippen molar-refractivity contribution >= 4 is 68.2 Å². The highest BCUT2D eigenvalue weighted by Gasteiger charge is 2.65. The van der Waals surface area contributed by atoms with Gasteiger partial charge < -0.3 is 30.4 Å². The maximum Gasteiger partial charge on any atom is 0.313 e. The number of rotatable bonds is 26. The number of nitrogens with one attached hydrogen (secondary N) is 3. The third-order valence-electron chi connectivity index (χ3n) is 20.0. The Bertz CT molecular complexity index is 5240. The van der Waals surface area contributed by atoms with Crippen LogP contribution < -0.4 is 42.1 Å². The van der Waals surface area contributed by atoms with Gasteiger partial charge in [-0.05, 0) is 179 Å². The van der Waals surface area contributed by atoms with E-state index in [0.717, 1.165) is 96.0 Å². The highest BCUT2D eigenvalue weighted by atomic mass is 19.1. The molecule has 14 rings (SSSR count). The van der Waals surface area contributed by atoms with E-state index in [-0.39, 0.29) is 82.2 Å². The molecule has 26 heteroatoms. The molecule has 0 unspecified atom stereocenters. The van der Waals surface area contributed by atoms with E-state index in [1.54, 1.807) is 66.4 Å². The molecule has 0 spiro atoms. The number of fused-ring (bicyclic) bond motifs is 3. The lowest BCUT2D eigenvalue weighted by molar-refractivity contribution is -0.152.